The number of fused-ring (bicyclic) bond motifs is 1. The second-order valence-electron chi connectivity index (χ2n) is 5.68. The summed E-state index contributed by atoms with van der Waals surface area (Å²) in [6, 6.07) is 13.6. The fraction of sp³-hybridized carbons (Fsp3) is 0.316. The summed E-state index contributed by atoms with van der Waals surface area (Å²) in [5, 5.41) is 2.94. The van der Waals surface area contributed by atoms with Crippen LogP contribution >= 0.6 is 0 Å². The standard InChI is InChI=1S/C19H21NO4/c1-22-13-15-4-2-14(3-5-15)12-20-19(21)11-16-6-7-17-18(10-16)24-9-8-23-17/h2-7,10H,8-9,11-13H2,1H3,(H,20,21). The topological polar surface area (TPSA) is 56.8 Å². The third kappa shape index (κ3) is 4.26. The fourth-order valence-corrected chi connectivity index (χ4v) is 2.57. The van der Waals surface area contributed by atoms with Crippen LogP contribution in [0.25, 0.3) is 0 Å². The molecule has 0 spiro atoms. The average Bonchev–Trinajstić information content (AvgIpc) is 2.61. The van der Waals surface area contributed by atoms with Gasteiger partial charge < -0.3 is 19.5 Å². The summed E-state index contributed by atoms with van der Waals surface area (Å²) in [6.45, 7) is 2.21. The molecule has 1 heterocycles. The molecule has 1 aliphatic rings. The van der Waals surface area contributed by atoms with E-state index in [4.69, 9.17) is 14.2 Å². The van der Waals surface area contributed by atoms with Gasteiger partial charge in [0, 0.05) is 13.7 Å². The molecule has 0 saturated heterocycles. The van der Waals surface area contributed by atoms with Crippen LogP contribution in [0, 0.1) is 0 Å². The normalized spacial score (nSPS) is 12.7. The van der Waals surface area contributed by atoms with E-state index in [0.29, 0.717) is 38.5 Å². The van der Waals surface area contributed by atoms with Gasteiger partial charge in [0.15, 0.2) is 11.5 Å². The molecule has 3 rings (SSSR count). The van der Waals surface area contributed by atoms with Gasteiger partial charge in [-0.05, 0) is 28.8 Å². The summed E-state index contributed by atoms with van der Waals surface area (Å²) in [7, 11) is 1.67. The minimum absolute atomic E-state index is 0.0207. The molecule has 0 unspecified atom stereocenters. The number of hydrogen-bond acceptors (Lipinski definition) is 4. The van der Waals surface area contributed by atoms with E-state index in [1.54, 1.807) is 7.11 Å². The van der Waals surface area contributed by atoms with Crippen molar-refractivity contribution in [1.29, 1.82) is 0 Å². The highest BCUT2D eigenvalue weighted by molar-refractivity contribution is 5.78. The molecule has 0 saturated carbocycles. The summed E-state index contributed by atoms with van der Waals surface area (Å²) >= 11 is 0. The van der Waals surface area contributed by atoms with Crippen molar-refractivity contribution in [2.24, 2.45) is 0 Å². The van der Waals surface area contributed by atoms with Crippen LogP contribution in [0.2, 0.25) is 0 Å². The predicted molar refractivity (Wildman–Crippen MR) is 90.1 cm³/mol. The van der Waals surface area contributed by atoms with Crippen molar-refractivity contribution in [3.63, 3.8) is 0 Å². The Bertz CT molecular complexity index is 697. The molecule has 0 fully saturated rings. The molecule has 1 N–H and O–H groups in total. The van der Waals surface area contributed by atoms with Crippen molar-refractivity contribution in [2.45, 2.75) is 19.6 Å². The lowest BCUT2D eigenvalue weighted by Crippen LogP contribution is -2.24. The minimum atomic E-state index is -0.0207. The van der Waals surface area contributed by atoms with E-state index >= 15 is 0 Å². The lowest BCUT2D eigenvalue weighted by molar-refractivity contribution is -0.120. The third-order valence-electron chi connectivity index (χ3n) is 3.79. The SMILES string of the molecule is COCc1ccc(CNC(=O)Cc2ccc3c(c2)OCCO3)cc1. The Morgan fingerprint density at radius 1 is 1.00 bits per heavy atom. The van der Waals surface area contributed by atoms with Crippen LogP contribution in [0.4, 0.5) is 0 Å². The van der Waals surface area contributed by atoms with Gasteiger partial charge in [-0.1, -0.05) is 30.3 Å². The molecule has 0 atom stereocenters. The van der Waals surface area contributed by atoms with Gasteiger partial charge in [0.25, 0.3) is 0 Å². The lowest BCUT2D eigenvalue weighted by Gasteiger charge is -2.18. The van der Waals surface area contributed by atoms with Gasteiger partial charge in [-0.3, -0.25) is 4.79 Å². The zero-order valence-corrected chi connectivity index (χ0v) is 13.7. The van der Waals surface area contributed by atoms with E-state index < -0.39 is 0 Å². The van der Waals surface area contributed by atoms with Crippen LogP contribution in [-0.2, 0) is 29.1 Å². The molecule has 0 bridgehead atoms. The van der Waals surface area contributed by atoms with Gasteiger partial charge >= 0.3 is 0 Å². The Morgan fingerprint density at radius 3 is 2.42 bits per heavy atom. The van der Waals surface area contributed by atoms with Gasteiger partial charge in [-0.2, -0.15) is 0 Å². The lowest BCUT2D eigenvalue weighted by atomic mass is 10.1. The van der Waals surface area contributed by atoms with Gasteiger partial charge in [0.2, 0.25) is 5.91 Å². The molecule has 0 radical (unpaired) electrons. The first-order chi connectivity index (χ1) is 11.7. The molecule has 0 aliphatic carbocycles. The highest BCUT2D eigenvalue weighted by Crippen LogP contribution is 2.30. The van der Waals surface area contributed by atoms with Crippen LogP contribution in [0.3, 0.4) is 0 Å². The van der Waals surface area contributed by atoms with E-state index in [1.165, 1.54) is 0 Å². The second kappa shape index (κ2) is 7.84. The summed E-state index contributed by atoms with van der Waals surface area (Å²) in [5.41, 5.74) is 3.08. The monoisotopic (exact) mass is 327 g/mol. The quantitative estimate of drug-likeness (QED) is 0.885. The molecule has 126 valence electrons. The third-order valence-corrected chi connectivity index (χ3v) is 3.79. The number of amides is 1. The molecule has 0 aromatic heterocycles. The largest absolute Gasteiger partial charge is 0.486 e. The molecule has 1 amide bonds. The number of hydrogen-bond donors (Lipinski definition) is 1. The predicted octanol–water partition coefficient (Wildman–Crippen LogP) is 2.46. The van der Waals surface area contributed by atoms with E-state index in [0.717, 1.165) is 22.4 Å². The van der Waals surface area contributed by atoms with Crippen LogP contribution in [0.1, 0.15) is 16.7 Å². The summed E-state index contributed by atoms with van der Waals surface area (Å²) in [6.07, 6.45) is 0.318. The fourth-order valence-electron chi connectivity index (χ4n) is 2.57. The van der Waals surface area contributed by atoms with Crippen LogP contribution in [-0.4, -0.2) is 26.2 Å². The minimum Gasteiger partial charge on any atom is -0.486 e. The Hall–Kier alpha value is -2.53. The Labute approximate surface area is 141 Å². The van der Waals surface area contributed by atoms with Crippen molar-refractivity contribution in [2.75, 3.05) is 20.3 Å². The highest BCUT2D eigenvalue weighted by atomic mass is 16.6. The molecule has 5 nitrogen and oxygen atoms in total. The Morgan fingerprint density at radius 2 is 1.67 bits per heavy atom. The first kappa shape index (κ1) is 16.3. The first-order valence-corrected chi connectivity index (χ1v) is 7.96. The zero-order valence-electron chi connectivity index (χ0n) is 13.7. The van der Waals surface area contributed by atoms with E-state index in [1.807, 2.05) is 42.5 Å². The second-order valence-corrected chi connectivity index (χ2v) is 5.68. The number of methoxy groups -OCH3 is 1. The van der Waals surface area contributed by atoms with Crippen LogP contribution in [0.15, 0.2) is 42.5 Å². The van der Waals surface area contributed by atoms with Crippen molar-refractivity contribution in [1.82, 2.24) is 5.32 Å². The number of carbonyl (C=O) groups is 1. The summed E-state index contributed by atoms with van der Waals surface area (Å²) in [4.78, 5) is 12.1. The number of nitrogens with one attached hydrogen (secondary N) is 1. The van der Waals surface area contributed by atoms with Gasteiger partial charge in [-0.15, -0.1) is 0 Å². The smallest absolute Gasteiger partial charge is 0.224 e. The Balaban J connectivity index is 1.52. The van der Waals surface area contributed by atoms with E-state index in [2.05, 4.69) is 5.32 Å². The molecular formula is C19H21NO4. The number of rotatable bonds is 6. The van der Waals surface area contributed by atoms with Crippen molar-refractivity contribution < 1.29 is 19.0 Å². The average molecular weight is 327 g/mol. The first-order valence-electron chi connectivity index (χ1n) is 7.96. The highest BCUT2D eigenvalue weighted by Gasteiger charge is 2.13. The van der Waals surface area contributed by atoms with Gasteiger partial charge in [0.05, 0.1) is 13.0 Å². The maximum Gasteiger partial charge on any atom is 0.224 e. The number of benzene rings is 2. The number of carbonyl (C=O) groups excluding carboxylic acids is 1. The van der Waals surface area contributed by atoms with Gasteiger partial charge in [-0.25, -0.2) is 0 Å². The maximum absolute atomic E-state index is 12.1. The van der Waals surface area contributed by atoms with E-state index in [-0.39, 0.29) is 5.91 Å². The molecule has 2 aromatic rings. The Kier molecular flexibility index (Phi) is 5.33. The molecule has 24 heavy (non-hydrogen) atoms. The van der Waals surface area contributed by atoms with Crippen molar-refractivity contribution in [3.05, 3.63) is 59.2 Å². The van der Waals surface area contributed by atoms with Crippen LogP contribution in [0.5, 0.6) is 11.5 Å². The zero-order chi connectivity index (χ0) is 16.8. The summed E-state index contributed by atoms with van der Waals surface area (Å²) < 4.78 is 16.1. The maximum atomic E-state index is 12.1. The summed E-state index contributed by atoms with van der Waals surface area (Å²) in [5.74, 6) is 1.43. The molecule has 1 aliphatic heterocycles. The molecular weight excluding hydrogens is 306 g/mol. The van der Waals surface area contributed by atoms with Crippen LogP contribution < -0.4 is 14.8 Å². The van der Waals surface area contributed by atoms with Crippen molar-refractivity contribution >= 4 is 5.91 Å². The molecule has 5 heteroatoms. The molecule has 2 aromatic carbocycles. The van der Waals surface area contributed by atoms with E-state index in [9.17, 15) is 4.79 Å². The van der Waals surface area contributed by atoms with Crippen molar-refractivity contribution in [3.8, 4) is 11.5 Å². The van der Waals surface area contributed by atoms with Gasteiger partial charge in [0.1, 0.15) is 13.2 Å². The number of ether oxygens (including phenoxy) is 3.